The summed E-state index contributed by atoms with van der Waals surface area (Å²) in [5.74, 6) is 0.524. The molecule has 0 fully saturated rings. The molecule has 10 heteroatoms. The van der Waals surface area contributed by atoms with Crippen LogP contribution >= 0.6 is 39.0 Å². The lowest BCUT2D eigenvalue weighted by Crippen LogP contribution is -2.24. The molecule has 0 saturated heterocycles. The molecule has 1 aliphatic rings. The van der Waals surface area contributed by atoms with E-state index in [1.165, 1.54) is 16.6 Å². The van der Waals surface area contributed by atoms with Crippen LogP contribution in [0.2, 0.25) is 0 Å². The highest BCUT2D eigenvalue weighted by Gasteiger charge is 2.23. The molecule has 0 spiro atoms. The van der Waals surface area contributed by atoms with Gasteiger partial charge in [-0.05, 0) is 87.1 Å². The maximum Gasteiger partial charge on any atom is 0.267 e. The molecule has 0 unspecified atom stereocenters. The third-order valence-corrected chi connectivity index (χ3v) is 8.90. The zero-order valence-corrected chi connectivity index (χ0v) is 24.3. The van der Waals surface area contributed by atoms with Gasteiger partial charge in [0.2, 0.25) is 0 Å². The van der Waals surface area contributed by atoms with E-state index < -0.39 is 0 Å². The number of hydrogen-bond acceptors (Lipinski definition) is 7. The number of halogens is 1. The first-order chi connectivity index (χ1) is 18.4. The summed E-state index contributed by atoms with van der Waals surface area (Å²) >= 11 is 6.29. The number of fused-ring (bicyclic) bond motifs is 3. The van der Waals surface area contributed by atoms with Crippen LogP contribution in [0.5, 0.6) is 5.75 Å². The third-order valence-electron chi connectivity index (χ3n) is 6.29. The van der Waals surface area contributed by atoms with E-state index in [2.05, 4.69) is 26.5 Å². The Labute approximate surface area is 237 Å². The van der Waals surface area contributed by atoms with Gasteiger partial charge < -0.3 is 4.74 Å². The number of carbonyl (C=O) groups excluding carboxylic acids is 1. The fourth-order valence-electron chi connectivity index (χ4n) is 4.46. The first kappa shape index (κ1) is 26.6. The second kappa shape index (κ2) is 11.8. The van der Waals surface area contributed by atoms with Gasteiger partial charge in [-0.3, -0.25) is 14.2 Å². The van der Waals surface area contributed by atoms with Crippen LogP contribution in [-0.4, -0.2) is 33.5 Å². The van der Waals surface area contributed by atoms with E-state index >= 15 is 0 Å². The molecule has 1 amide bonds. The highest BCUT2D eigenvalue weighted by molar-refractivity contribution is 9.10. The fraction of sp³-hybridized carbons (Fsp3) is 0.286. The predicted octanol–water partition coefficient (Wildman–Crippen LogP) is 6.12. The molecule has 1 aliphatic carbocycles. The number of nitrogens with zero attached hydrogens (tertiary/aromatic N) is 3. The van der Waals surface area contributed by atoms with Crippen LogP contribution in [0.1, 0.15) is 42.7 Å². The summed E-state index contributed by atoms with van der Waals surface area (Å²) in [6.07, 6.45) is 4.10. The molecule has 1 N–H and O–H groups in total. The quantitative estimate of drug-likeness (QED) is 0.112. The third kappa shape index (κ3) is 5.72. The van der Waals surface area contributed by atoms with Gasteiger partial charge in [-0.25, -0.2) is 10.4 Å². The normalized spacial score (nSPS) is 13.4. The Morgan fingerprint density at radius 3 is 2.76 bits per heavy atom. The Morgan fingerprint density at radius 2 is 2.00 bits per heavy atom. The number of aromatic nitrogens is 2. The smallest absolute Gasteiger partial charge is 0.267 e. The number of thiophene rings is 1. The summed E-state index contributed by atoms with van der Waals surface area (Å²) < 4.78 is 8.14. The number of aryl methyl sites for hydroxylation is 2. The minimum atomic E-state index is -0.276. The van der Waals surface area contributed by atoms with Crippen molar-refractivity contribution in [1.82, 2.24) is 15.0 Å². The van der Waals surface area contributed by atoms with Gasteiger partial charge in [0.05, 0.1) is 29.1 Å². The highest BCUT2D eigenvalue weighted by Crippen LogP contribution is 2.35. The highest BCUT2D eigenvalue weighted by atomic mass is 79.9. The van der Waals surface area contributed by atoms with Crippen molar-refractivity contribution >= 4 is 60.9 Å². The summed E-state index contributed by atoms with van der Waals surface area (Å²) in [6.45, 7) is 4.33. The Morgan fingerprint density at radius 1 is 1.21 bits per heavy atom. The summed E-state index contributed by atoms with van der Waals surface area (Å²) in [4.78, 5) is 33.5. The van der Waals surface area contributed by atoms with Crippen molar-refractivity contribution in [2.24, 2.45) is 5.10 Å². The van der Waals surface area contributed by atoms with Crippen LogP contribution in [-0.2, 0) is 17.6 Å². The van der Waals surface area contributed by atoms with Crippen LogP contribution in [0.25, 0.3) is 15.9 Å². The van der Waals surface area contributed by atoms with E-state index in [1.807, 2.05) is 62.4 Å². The Kier molecular flexibility index (Phi) is 8.30. The van der Waals surface area contributed by atoms with Crippen molar-refractivity contribution in [3.8, 4) is 11.4 Å². The monoisotopic (exact) mass is 610 g/mol. The second-order valence-electron chi connectivity index (χ2n) is 8.88. The minimum absolute atomic E-state index is 0.0648. The minimum Gasteiger partial charge on any atom is -0.494 e. The van der Waals surface area contributed by atoms with Gasteiger partial charge in [-0.2, -0.15) is 5.10 Å². The number of amides is 1. The summed E-state index contributed by atoms with van der Waals surface area (Å²) in [5, 5.41) is 5.44. The largest absolute Gasteiger partial charge is 0.494 e. The number of rotatable bonds is 8. The van der Waals surface area contributed by atoms with Crippen molar-refractivity contribution < 1.29 is 9.53 Å². The zero-order chi connectivity index (χ0) is 26.6. The topological polar surface area (TPSA) is 85.6 Å². The van der Waals surface area contributed by atoms with Crippen molar-refractivity contribution in [3.05, 3.63) is 79.4 Å². The molecular formula is C28H27BrN4O3S2. The van der Waals surface area contributed by atoms with Gasteiger partial charge in [0.1, 0.15) is 10.6 Å². The number of benzene rings is 2. The molecule has 0 atom stereocenters. The van der Waals surface area contributed by atoms with Gasteiger partial charge >= 0.3 is 0 Å². The molecule has 5 rings (SSSR count). The molecule has 0 radical (unpaired) electrons. The molecule has 196 valence electrons. The average molecular weight is 612 g/mol. The molecular weight excluding hydrogens is 584 g/mol. The van der Waals surface area contributed by atoms with E-state index in [0.29, 0.717) is 28.5 Å². The van der Waals surface area contributed by atoms with Gasteiger partial charge in [0, 0.05) is 9.35 Å². The molecule has 0 aliphatic heterocycles. The van der Waals surface area contributed by atoms with Gasteiger partial charge in [-0.15, -0.1) is 11.3 Å². The Balaban J connectivity index is 1.44. The first-order valence-corrected chi connectivity index (χ1v) is 15.1. The maximum absolute atomic E-state index is 13.9. The van der Waals surface area contributed by atoms with Crippen LogP contribution in [0.3, 0.4) is 0 Å². The summed E-state index contributed by atoms with van der Waals surface area (Å²) in [5.41, 5.74) is 5.96. The molecule has 7 nitrogen and oxygen atoms in total. The van der Waals surface area contributed by atoms with E-state index in [1.54, 1.807) is 15.9 Å². The van der Waals surface area contributed by atoms with Gasteiger partial charge in [0.25, 0.3) is 11.5 Å². The lowest BCUT2D eigenvalue weighted by molar-refractivity contribution is -0.118. The van der Waals surface area contributed by atoms with Crippen molar-refractivity contribution in [3.63, 3.8) is 0 Å². The number of nitrogens with one attached hydrogen (secondary N) is 1. The van der Waals surface area contributed by atoms with Gasteiger partial charge in [-0.1, -0.05) is 39.8 Å². The lowest BCUT2D eigenvalue weighted by Gasteiger charge is -2.14. The summed E-state index contributed by atoms with van der Waals surface area (Å²) in [7, 11) is 0. The van der Waals surface area contributed by atoms with Crippen molar-refractivity contribution in [1.29, 1.82) is 0 Å². The number of hydrogen-bond donors (Lipinski definition) is 1. The van der Waals surface area contributed by atoms with Crippen LogP contribution in [0.15, 0.2) is 68.1 Å². The first-order valence-electron chi connectivity index (χ1n) is 12.5. The number of thioether (sulfide) groups is 1. The van der Waals surface area contributed by atoms with E-state index in [0.717, 1.165) is 51.9 Å². The predicted molar refractivity (Wildman–Crippen MR) is 158 cm³/mol. The van der Waals surface area contributed by atoms with Crippen LogP contribution < -0.4 is 15.7 Å². The summed E-state index contributed by atoms with van der Waals surface area (Å²) in [6, 6.07) is 15.1. The Bertz CT molecular complexity index is 1580. The van der Waals surface area contributed by atoms with E-state index in [9.17, 15) is 9.59 Å². The number of hydrazone groups is 1. The zero-order valence-electron chi connectivity index (χ0n) is 21.1. The van der Waals surface area contributed by atoms with Crippen molar-refractivity contribution in [2.75, 3.05) is 12.4 Å². The maximum atomic E-state index is 13.9. The molecule has 2 heterocycles. The molecule has 0 bridgehead atoms. The molecule has 4 aromatic rings. The SMILES string of the molecule is CCOc1ccc(-n2c(SCC(=O)NN=C(C)c3cccc(Br)c3)nc3sc4c(c3c2=O)CCCC4)cc1. The fourth-order valence-corrected chi connectivity index (χ4v) is 6.96. The standard InChI is InChI=1S/C28H27BrN4O3S2/c1-3-36-21-13-11-20(12-14-21)33-27(35)25-22-9-4-5-10-23(22)38-26(25)30-28(33)37-16-24(34)32-31-17(2)18-7-6-8-19(29)15-18/h6-8,11-15H,3-5,9-10,16H2,1-2H3,(H,32,34). The molecule has 2 aromatic carbocycles. The Hall–Kier alpha value is -2.95. The molecule has 0 saturated carbocycles. The van der Waals surface area contributed by atoms with Crippen LogP contribution in [0, 0.1) is 0 Å². The number of carbonyl (C=O) groups is 1. The average Bonchev–Trinajstić information content (AvgIpc) is 3.30. The molecule has 38 heavy (non-hydrogen) atoms. The van der Waals surface area contributed by atoms with Crippen molar-refractivity contribution in [2.45, 2.75) is 44.7 Å². The van der Waals surface area contributed by atoms with Crippen LogP contribution in [0.4, 0.5) is 0 Å². The second-order valence-corrected chi connectivity index (χ2v) is 11.8. The lowest BCUT2D eigenvalue weighted by atomic mass is 9.97. The van der Waals surface area contributed by atoms with Gasteiger partial charge in [0.15, 0.2) is 5.16 Å². The van der Waals surface area contributed by atoms with E-state index in [4.69, 9.17) is 9.72 Å². The molecule has 2 aromatic heterocycles. The number of ether oxygens (including phenoxy) is 1. The van der Waals surface area contributed by atoms with E-state index in [-0.39, 0.29) is 17.2 Å².